The molecule has 5 rings (SSSR count). The van der Waals surface area contributed by atoms with E-state index in [0.29, 0.717) is 23.7 Å². The lowest BCUT2D eigenvalue weighted by Gasteiger charge is -2.15. The first-order valence-corrected chi connectivity index (χ1v) is 10.7. The molecule has 4 aromatic rings. The van der Waals surface area contributed by atoms with Crippen LogP contribution in [0.4, 0.5) is 5.69 Å². The molecule has 1 aromatic heterocycles. The van der Waals surface area contributed by atoms with Gasteiger partial charge in [-0.25, -0.2) is 9.78 Å². The molecule has 0 bridgehead atoms. The number of hydrogen-bond acceptors (Lipinski definition) is 5. The van der Waals surface area contributed by atoms with Gasteiger partial charge in [0, 0.05) is 11.1 Å². The SMILES string of the molecule is CC1(C)C(=O)Nc2ccc(OC(=O)c3ccc(OCc4ccc5ccccc5n4)cc3)cc21. The number of fused-ring (bicyclic) bond motifs is 2. The molecule has 164 valence electrons. The lowest BCUT2D eigenvalue weighted by Crippen LogP contribution is -2.26. The molecule has 0 saturated carbocycles. The zero-order valence-electron chi connectivity index (χ0n) is 18.3. The Morgan fingerprint density at radius 3 is 2.52 bits per heavy atom. The van der Waals surface area contributed by atoms with Crippen molar-refractivity contribution >= 4 is 28.5 Å². The van der Waals surface area contributed by atoms with E-state index in [-0.39, 0.29) is 5.91 Å². The zero-order chi connectivity index (χ0) is 23.0. The number of amides is 1. The Labute approximate surface area is 191 Å². The van der Waals surface area contributed by atoms with Gasteiger partial charge in [0.05, 0.1) is 22.2 Å². The smallest absolute Gasteiger partial charge is 0.343 e. The number of aromatic nitrogens is 1. The molecule has 0 unspecified atom stereocenters. The third kappa shape index (κ3) is 4.03. The molecular formula is C27H22N2O4. The van der Waals surface area contributed by atoms with Gasteiger partial charge in [0.15, 0.2) is 0 Å². The number of anilines is 1. The highest BCUT2D eigenvalue weighted by Gasteiger charge is 2.38. The largest absolute Gasteiger partial charge is 0.487 e. The van der Waals surface area contributed by atoms with E-state index in [1.54, 1.807) is 42.5 Å². The predicted molar refractivity (Wildman–Crippen MR) is 126 cm³/mol. The van der Waals surface area contributed by atoms with Crippen LogP contribution in [0.15, 0.2) is 78.9 Å². The molecule has 1 amide bonds. The maximum atomic E-state index is 12.6. The summed E-state index contributed by atoms with van der Waals surface area (Å²) in [7, 11) is 0. The van der Waals surface area contributed by atoms with Gasteiger partial charge >= 0.3 is 5.97 Å². The van der Waals surface area contributed by atoms with Crippen molar-refractivity contribution in [3.8, 4) is 11.5 Å². The molecule has 0 fully saturated rings. The Kier molecular flexibility index (Phi) is 5.05. The Balaban J connectivity index is 1.23. The Morgan fingerprint density at radius 2 is 1.70 bits per heavy atom. The van der Waals surface area contributed by atoms with Crippen LogP contribution in [0.5, 0.6) is 11.5 Å². The summed E-state index contributed by atoms with van der Waals surface area (Å²) in [4.78, 5) is 29.3. The van der Waals surface area contributed by atoms with Gasteiger partial charge in [0.25, 0.3) is 0 Å². The van der Waals surface area contributed by atoms with Gasteiger partial charge in [-0.15, -0.1) is 0 Å². The topological polar surface area (TPSA) is 77.5 Å². The van der Waals surface area contributed by atoms with Gasteiger partial charge in [-0.2, -0.15) is 0 Å². The number of hydrogen-bond donors (Lipinski definition) is 1. The highest BCUT2D eigenvalue weighted by atomic mass is 16.5. The fourth-order valence-electron chi connectivity index (χ4n) is 3.81. The van der Waals surface area contributed by atoms with Gasteiger partial charge in [-0.3, -0.25) is 4.79 Å². The number of carbonyl (C=O) groups excluding carboxylic acids is 2. The maximum absolute atomic E-state index is 12.6. The number of pyridine rings is 1. The lowest BCUT2D eigenvalue weighted by molar-refractivity contribution is -0.119. The van der Waals surface area contributed by atoms with Gasteiger partial charge in [0.1, 0.15) is 18.1 Å². The van der Waals surface area contributed by atoms with Crippen LogP contribution < -0.4 is 14.8 Å². The van der Waals surface area contributed by atoms with Crippen LogP contribution in [-0.4, -0.2) is 16.9 Å². The van der Waals surface area contributed by atoms with E-state index < -0.39 is 11.4 Å². The van der Waals surface area contributed by atoms with E-state index in [0.717, 1.165) is 27.8 Å². The number of ether oxygens (including phenoxy) is 2. The summed E-state index contributed by atoms with van der Waals surface area (Å²) in [5.74, 6) is 0.472. The molecule has 0 saturated heterocycles. The molecule has 1 aliphatic heterocycles. The van der Waals surface area contributed by atoms with E-state index in [9.17, 15) is 9.59 Å². The van der Waals surface area contributed by atoms with Gasteiger partial charge in [0.2, 0.25) is 5.91 Å². The number of nitrogens with zero attached hydrogens (tertiary/aromatic N) is 1. The van der Waals surface area contributed by atoms with Crippen molar-refractivity contribution in [1.82, 2.24) is 4.98 Å². The van der Waals surface area contributed by atoms with Crippen LogP contribution in [0.2, 0.25) is 0 Å². The van der Waals surface area contributed by atoms with Crippen molar-refractivity contribution in [2.75, 3.05) is 5.32 Å². The quantitative estimate of drug-likeness (QED) is 0.340. The van der Waals surface area contributed by atoms with Crippen LogP contribution in [0.3, 0.4) is 0 Å². The van der Waals surface area contributed by atoms with E-state index in [1.807, 2.05) is 50.2 Å². The molecule has 1 aliphatic rings. The molecule has 3 aromatic carbocycles. The summed E-state index contributed by atoms with van der Waals surface area (Å²) in [6.45, 7) is 4.00. The standard InChI is InChI=1S/C27H22N2O4/c1-27(2)22-15-21(13-14-24(22)29-26(27)31)33-25(30)18-8-11-20(12-9-18)32-16-19-10-7-17-5-3-4-6-23(17)28-19/h3-15H,16H2,1-2H3,(H,29,31). The minimum absolute atomic E-state index is 0.0737. The molecule has 0 radical (unpaired) electrons. The second-order valence-electron chi connectivity index (χ2n) is 8.48. The van der Waals surface area contributed by atoms with Crippen LogP contribution in [0.25, 0.3) is 10.9 Å². The number of benzene rings is 3. The average molecular weight is 438 g/mol. The molecule has 2 heterocycles. The summed E-state index contributed by atoms with van der Waals surface area (Å²) in [6, 6.07) is 23.8. The maximum Gasteiger partial charge on any atom is 0.343 e. The zero-order valence-corrected chi connectivity index (χ0v) is 18.3. The summed E-state index contributed by atoms with van der Waals surface area (Å²) in [5.41, 5.74) is 3.03. The Hall–Kier alpha value is -4.19. The van der Waals surface area contributed by atoms with Crippen LogP contribution in [0, 0.1) is 0 Å². The third-order valence-corrected chi connectivity index (χ3v) is 5.82. The van der Waals surface area contributed by atoms with Crippen molar-refractivity contribution < 1.29 is 19.1 Å². The summed E-state index contributed by atoms with van der Waals surface area (Å²) in [5, 5.41) is 3.92. The number of rotatable bonds is 5. The van der Waals surface area contributed by atoms with Crippen molar-refractivity contribution in [1.29, 1.82) is 0 Å². The molecular weight excluding hydrogens is 416 g/mol. The fraction of sp³-hybridized carbons (Fsp3) is 0.148. The van der Waals surface area contributed by atoms with Gasteiger partial charge < -0.3 is 14.8 Å². The first kappa shape index (κ1) is 20.7. The van der Waals surface area contributed by atoms with E-state index in [4.69, 9.17) is 9.47 Å². The van der Waals surface area contributed by atoms with Crippen LogP contribution in [0.1, 0.15) is 35.5 Å². The van der Waals surface area contributed by atoms with Crippen LogP contribution >= 0.6 is 0 Å². The Morgan fingerprint density at radius 1 is 0.939 bits per heavy atom. The van der Waals surface area contributed by atoms with E-state index in [2.05, 4.69) is 10.3 Å². The monoisotopic (exact) mass is 438 g/mol. The molecule has 33 heavy (non-hydrogen) atoms. The highest BCUT2D eigenvalue weighted by Crippen LogP contribution is 2.39. The summed E-state index contributed by atoms with van der Waals surface area (Å²) in [6.07, 6.45) is 0. The molecule has 0 aliphatic carbocycles. The van der Waals surface area contributed by atoms with Crippen molar-refractivity contribution in [3.63, 3.8) is 0 Å². The number of carbonyl (C=O) groups is 2. The third-order valence-electron chi connectivity index (χ3n) is 5.82. The first-order chi connectivity index (χ1) is 15.9. The number of esters is 1. The highest BCUT2D eigenvalue weighted by molar-refractivity contribution is 6.05. The predicted octanol–water partition coefficient (Wildman–Crippen LogP) is 5.26. The molecule has 0 spiro atoms. The van der Waals surface area contributed by atoms with Crippen molar-refractivity contribution in [2.45, 2.75) is 25.9 Å². The summed E-state index contributed by atoms with van der Waals surface area (Å²) < 4.78 is 11.4. The second kappa shape index (κ2) is 8.06. The van der Waals surface area contributed by atoms with Crippen LogP contribution in [-0.2, 0) is 16.8 Å². The average Bonchev–Trinajstić information content (AvgIpc) is 3.06. The fourth-order valence-corrected chi connectivity index (χ4v) is 3.81. The van der Waals surface area contributed by atoms with Crippen molar-refractivity contribution in [2.24, 2.45) is 0 Å². The number of nitrogens with one attached hydrogen (secondary N) is 1. The lowest BCUT2D eigenvalue weighted by atomic mass is 9.86. The first-order valence-electron chi connectivity index (χ1n) is 10.7. The van der Waals surface area contributed by atoms with Gasteiger partial charge in [-0.1, -0.05) is 24.3 Å². The summed E-state index contributed by atoms with van der Waals surface area (Å²) >= 11 is 0. The Bertz CT molecular complexity index is 1380. The second-order valence-corrected chi connectivity index (χ2v) is 8.48. The molecule has 0 atom stereocenters. The molecule has 1 N–H and O–H groups in total. The van der Waals surface area contributed by atoms with E-state index in [1.165, 1.54) is 0 Å². The molecule has 6 nitrogen and oxygen atoms in total. The minimum atomic E-state index is -0.670. The normalized spacial score (nSPS) is 13.9. The van der Waals surface area contributed by atoms with Gasteiger partial charge in [-0.05, 0) is 74.0 Å². The molecule has 6 heteroatoms. The minimum Gasteiger partial charge on any atom is -0.487 e. The van der Waals surface area contributed by atoms with E-state index >= 15 is 0 Å². The number of para-hydroxylation sites is 1. The van der Waals surface area contributed by atoms with Crippen molar-refractivity contribution in [3.05, 3.63) is 95.7 Å².